The summed E-state index contributed by atoms with van der Waals surface area (Å²) in [6.07, 6.45) is 0. The lowest BCUT2D eigenvalue weighted by Gasteiger charge is -2.03. The van der Waals surface area contributed by atoms with E-state index in [0.29, 0.717) is 5.89 Å². The average molecular weight is 306 g/mol. The normalized spacial score (nSPS) is 11.0. The number of aromatic nitrogens is 4. The summed E-state index contributed by atoms with van der Waals surface area (Å²) in [6.45, 7) is 2.13. The maximum atomic E-state index is 5.72. The van der Waals surface area contributed by atoms with Gasteiger partial charge in [-0.05, 0) is 36.4 Å². The van der Waals surface area contributed by atoms with E-state index in [1.165, 1.54) is 4.85 Å². The van der Waals surface area contributed by atoms with Crippen LogP contribution in [0.5, 0.6) is 0 Å². The summed E-state index contributed by atoms with van der Waals surface area (Å²) < 4.78 is 5.72. The summed E-state index contributed by atoms with van der Waals surface area (Å²) in [4.78, 5) is 11.6. The van der Waals surface area contributed by atoms with E-state index in [-0.39, 0.29) is 6.61 Å². The Hall–Kier alpha value is -3.15. The molecule has 4 rings (SSSR count). The largest absolute Gasteiger partial charge is 0.441 e. The summed E-state index contributed by atoms with van der Waals surface area (Å²) in [6, 6.07) is 17.4. The van der Waals surface area contributed by atoms with E-state index < -0.39 is 0 Å². The second kappa shape index (κ2) is 5.57. The fraction of sp³-hybridized carbons (Fsp3) is 0.118. The number of aryl methyl sites for hydroxylation is 1. The van der Waals surface area contributed by atoms with Crippen LogP contribution in [0.2, 0.25) is 0 Å². The number of oxazole rings is 1. The van der Waals surface area contributed by atoms with Crippen molar-refractivity contribution in [1.29, 1.82) is 0 Å². The molecule has 2 aromatic carbocycles. The van der Waals surface area contributed by atoms with Crippen LogP contribution in [0.4, 0.5) is 0 Å². The van der Waals surface area contributed by atoms with Gasteiger partial charge in [-0.2, -0.15) is 0 Å². The van der Waals surface area contributed by atoms with Gasteiger partial charge in [-0.1, -0.05) is 35.2 Å². The van der Waals surface area contributed by atoms with Crippen molar-refractivity contribution in [2.75, 3.05) is 0 Å². The SMILES string of the molecule is Cc1oc(-c2ccccc2)nc1COn1nnc2ccccc21. The highest BCUT2D eigenvalue weighted by molar-refractivity contribution is 5.73. The molecule has 0 aliphatic rings. The third-order valence-electron chi connectivity index (χ3n) is 3.56. The van der Waals surface area contributed by atoms with Crippen molar-refractivity contribution < 1.29 is 9.25 Å². The van der Waals surface area contributed by atoms with Gasteiger partial charge in [-0.3, -0.25) is 0 Å². The second-order valence-corrected chi connectivity index (χ2v) is 5.11. The molecule has 0 saturated carbocycles. The predicted octanol–water partition coefficient (Wildman–Crippen LogP) is 3.02. The van der Waals surface area contributed by atoms with Crippen molar-refractivity contribution in [1.82, 2.24) is 20.1 Å². The van der Waals surface area contributed by atoms with Gasteiger partial charge in [-0.15, -0.1) is 5.10 Å². The van der Waals surface area contributed by atoms with Crippen LogP contribution in [0.25, 0.3) is 22.5 Å². The molecule has 0 atom stereocenters. The van der Waals surface area contributed by atoms with Crippen molar-refractivity contribution in [2.24, 2.45) is 0 Å². The van der Waals surface area contributed by atoms with E-state index in [2.05, 4.69) is 15.3 Å². The topological polar surface area (TPSA) is 66.0 Å². The number of fused-ring (bicyclic) bond motifs is 1. The summed E-state index contributed by atoms with van der Waals surface area (Å²) in [7, 11) is 0. The minimum Gasteiger partial charge on any atom is -0.441 e. The smallest absolute Gasteiger partial charge is 0.226 e. The van der Waals surface area contributed by atoms with Crippen molar-refractivity contribution in [3.8, 4) is 11.5 Å². The van der Waals surface area contributed by atoms with E-state index in [4.69, 9.17) is 9.25 Å². The molecule has 0 unspecified atom stereocenters. The number of nitrogens with zero attached hydrogens (tertiary/aromatic N) is 4. The van der Waals surface area contributed by atoms with Crippen molar-refractivity contribution in [3.63, 3.8) is 0 Å². The standard InChI is InChI=1S/C17H14N4O2/c1-12-15(18-17(23-12)13-7-3-2-4-8-13)11-22-21-16-10-6-5-9-14(16)19-20-21/h2-10H,11H2,1H3. The number of rotatable bonds is 4. The van der Waals surface area contributed by atoms with Crippen LogP contribution in [-0.2, 0) is 6.61 Å². The zero-order chi connectivity index (χ0) is 15.6. The maximum Gasteiger partial charge on any atom is 0.226 e. The van der Waals surface area contributed by atoms with Crippen LogP contribution in [0.3, 0.4) is 0 Å². The molecule has 6 nitrogen and oxygen atoms in total. The second-order valence-electron chi connectivity index (χ2n) is 5.11. The molecular weight excluding hydrogens is 292 g/mol. The number of hydrogen-bond donors (Lipinski definition) is 0. The lowest BCUT2D eigenvalue weighted by atomic mass is 10.2. The van der Waals surface area contributed by atoms with Gasteiger partial charge in [-0.25, -0.2) is 4.98 Å². The number of benzene rings is 2. The fourth-order valence-electron chi connectivity index (χ4n) is 2.33. The van der Waals surface area contributed by atoms with E-state index in [1.807, 2.05) is 61.5 Å². The third kappa shape index (κ3) is 2.55. The highest BCUT2D eigenvalue weighted by atomic mass is 16.7. The first-order valence-corrected chi connectivity index (χ1v) is 7.27. The van der Waals surface area contributed by atoms with Crippen molar-refractivity contribution in [3.05, 3.63) is 66.1 Å². The number of para-hydroxylation sites is 1. The first-order chi connectivity index (χ1) is 11.3. The Morgan fingerprint density at radius 3 is 2.70 bits per heavy atom. The van der Waals surface area contributed by atoms with Gasteiger partial charge in [0.1, 0.15) is 22.5 Å². The molecule has 0 fully saturated rings. The molecule has 0 radical (unpaired) electrons. The highest BCUT2D eigenvalue weighted by Gasteiger charge is 2.13. The molecule has 0 spiro atoms. The zero-order valence-corrected chi connectivity index (χ0v) is 12.5. The molecule has 0 amide bonds. The third-order valence-corrected chi connectivity index (χ3v) is 3.56. The van der Waals surface area contributed by atoms with Crippen molar-refractivity contribution >= 4 is 11.0 Å². The number of hydrogen-bond acceptors (Lipinski definition) is 5. The fourth-order valence-corrected chi connectivity index (χ4v) is 2.33. The molecule has 0 N–H and O–H groups in total. The Morgan fingerprint density at radius 1 is 1.04 bits per heavy atom. The molecule has 23 heavy (non-hydrogen) atoms. The Morgan fingerprint density at radius 2 is 1.83 bits per heavy atom. The van der Waals surface area contributed by atoms with Gasteiger partial charge >= 0.3 is 0 Å². The van der Waals surface area contributed by atoms with Crippen LogP contribution in [0, 0.1) is 6.92 Å². The van der Waals surface area contributed by atoms with Crippen molar-refractivity contribution in [2.45, 2.75) is 13.5 Å². The molecule has 4 aromatic rings. The molecular formula is C17H14N4O2. The lowest BCUT2D eigenvalue weighted by molar-refractivity contribution is 0.0727. The monoisotopic (exact) mass is 306 g/mol. The van der Waals surface area contributed by atoms with E-state index in [1.54, 1.807) is 0 Å². The van der Waals surface area contributed by atoms with Crippen LogP contribution >= 0.6 is 0 Å². The Kier molecular flexibility index (Phi) is 3.27. The summed E-state index contributed by atoms with van der Waals surface area (Å²) >= 11 is 0. The molecule has 2 aromatic heterocycles. The Balaban J connectivity index is 1.57. The van der Waals surface area contributed by atoms with Crippen LogP contribution in [-0.4, -0.2) is 20.1 Å². The predicted molar refractivity (Wildman–Crippen MR) is 84.5 cm³/mol. The van der Waals surface area contributed by atoms with E-state index >= 15 is 0 Å². The molecule has 0 aliphatic carbocycles. The van der Waals surface area contributed by atoms with Gasteiger partial charge in [0, 0.05) is 5.56 Å². The molecule has 6 heteroatoms. The molecule has 114 valence electrons. The minimum atomic E-state index is 0.259. The lowest BCUT2D eigenvalue weighted by Crippen LogP contribution is -2.13. The zero-order valence-electron chi connectivity index (χ0n) is 12.5. The van der Waals surface area contributed by atoms with Gasteiger partial charge in [0.05, 0.1) is 0 Å². The first kappa shape index (κ1) is 13.5. The minimum absolute atomic E-state index is 0.259. The summed E-state index contributed by atoms with van der Waals surface area (Å²) in [5, 5.41) is 8.04. The van der Waals surface area contributed by atoms with Gasteiger partial charge in [0.25, 0.3) is 0 Å². The van der Waals surface area contributed by atoms with E-state index in [0.717, 1.165) is 28.1 Å². The quantitative estimate of drug-likeness (QED) is 0.580. The van der Waals surface area contributed by atoms with Crippen LogP contribution in [0.15, 0.2) is 59.0 Å². The Labute approximate surface area is 132 Å². The average Bonchev–Trinajstić information content (AvgIpc) is 3.17. The molecule has 0 saturated heterocycles. The van der Waals surface area contributed by atoms with Gasteiger partial charge in [0.15, 0.2) is 6.61 Å². The summed E-state index contributed by atoms with van der Waals surface area (Å²) in [5.41, 5.74) is 3.28. The maximum absolute atomic E-state index is 5.72. The van der Waals surface area contributed by atoms with Crippen LogP contribution in [0.1, 0.15) is 11.5 Å². The summed E-state index contributed by atoms with van der Waals surface area (Å²) in [5.74, 6) is 1.32. The molecule has 0 aliphatic heterocycles. The van der Waals surface area contributed by atoms with Gasteiger partial charge < -0.3 is 9.25 Å². The van der Waals surface area contributed by atoms with E-state index in [9.17, 15) is 0 Å². The molecule has 0 bridgehead atoms. The van der Waals surface area contributed by atoms with Crippen LogP contribution < -0.4 is 4.84 Å². The highest BCUT2D eigenvalue weighted by Crippen LogP contribution is 2.21. The Bertz CT molecular complexity index is 944. The van der Waals surface area contributed by atoms with Gasteiger partial charge in [0.2, 0.25) is 5.89 Å². The molecule has 2 heterocycles. The first-order valence-electron chi connectivity index (χ1n) is 7.27.